The third-order valence-electron chi connectivity index (χ3n) is 5.28. The Morgan fingerprint density at radius 3 is 2.19 bits per heavy atom. The maximum absolute atomic E-state index is 12.7. The molecule has 0 heterocycles. The van der Waals surface area contributed by atoms with Crippen molar-refractivity contribution in [1.82, 2.24) is 5.32 Å². The molecule has 6 heteroatoms. The van der Waals surface area contributed by atoms with Gasteiger partial charge >= 0.3 is 11.8 Å². The zero-order chi connectivity index (χ0) is 22.9. The highest BCUT2D eigenvalue weighted by molar-refractivity contribution is 6.39. The number of benzene rings is 3. The lowest BCUT2D eigenvalue weighted by molar-refractivity contribution is -0.136. The second kappa shape index (κ2) is 10.9. The van der Waals surface area contributed by atoms with Gasteiger partial charge in [-0.25, -0.2) is 0 Å². The molecule has 0 saturated heterocycles. The van der Waals surface area contributed by atoms with Gasteiger partial charge in [0.05, 0.1) is 6.04 Å². The monoisotopic (exact) mass is 429 g/mol. The van der Waals surface area contributed by atoms with Crippen LogP contribution in [0.4, 0.5) is 5.69 Å². The van der Waals surface area contributed by atoms with E-state index in [1.54, 1.807) is 19.1 Å². The van der Waals surface area contributed by atoms with Crippen LogP contribution in [0, 0.1) is 6.92 Å². The number of hydrogen-bond donors (Lipinski definition) is 3. The molecule has 0 unspecified atom stereocenters. The Labute approximate surface area is 187 Å². The molecule has 3 rings (SSSR count). The van der Waals surface area contributed by atoms with Gasteiger partial charge in [-0.3, -0.25) is 14.4 Å². The fourth-order valence-corrected chi connectivity index (χ4v) is 3.48. The van der Waals surface area contributed by atoms with Crippen molar-refractivity contribution in [3.63, 3.8) is 0 Å². The van der Waals surface area contributed by atoms with E-state index in [1.165, 1.54) is 11.6 Å². The molecule has 0 aliphatic heterocycles. The minimum absolute atomic E-state index is 0.259. The predicted octanol–water partition coefficient (Wildman–Crippen LogP) is 3.91. The quantitative estimate of drug-likeness (QED) is 0.473. The Balaban J connectivity index is 1.67. The van der Waals surface area contributed by atoms with Crippen molar-refractivity contribution in [3.8, 4) is 0 Å². The zero-order valence-corrected chi connectivity index (χ0v) is 18.0. The molecule has 6 nitrogen and oxygen atoms in total. The summed E-state index contributed by atoms with van der Waals surface area (Å²) in [4.78, 5) is 36.7. The largest absolute Gasteiger partial charge is 0.366 e. The fraction of sp³-hybridized carbons (Fsp3) is 0.192. The number of anilines is 1. The first-order chi connectivity index (χ1) is 15.4. The van der Waals surface area contributed by atoms with Crippen LogP contribution in [0.25, 0.3) is 0 Å². The van der Waals surface area contributed by atoms with Gasteiger partial charge in [0, 0.05) is 11.3 Å². The van der Waals surface area contributed by atoms with E-state index in [0.717, 1.165) is 24.0 Å². The molecule has 0 aliphatic rings. The van der Waals surface area contributed by atoms with Crippen molar-refractivity contribution in [2.75, 3.05) is 5.32 Å². The Morgan fingerprint density at radius 1 is 0.875 bits per heavy atom. The number of primary amides is 1. The fourth-order valence-electron chi connectivity index (χ4n) is 3.48. The molecular weight excluding hydrogens is 402 g/mol. The van der Waals surface area contributed by atoms with E-state index in [-0.39, 0.29) is 11.6 Å². The standard InChI is InChI=1S/C26H27N3O3/c1-18-15-16-21(24(27)30)17-23(18)29-26(32)25(31)28-22(20-12-6-3-7-13-20)14-8-11-19-9-4-2-5-10-19/h2-7,9-10,12-13,15-17,22H,8,11,14H2,1H3,(H2,27,30)(H,28,31)(H,29,32)/t22-/m1/s1. The predicted molar refractivity (Wildman–Crippen MR) is 125 cm³/mol. The van der Waals surface area contributed by atoms with Gasteiger partial charge in [-0.1, -0.05) is 66.7 Å². The highest BCUT2D eigenvalue weighted by atomic mass is 16.2. The summed E-state index contributed by atoms with van der Waals surface area (Å²) in [6.07, 6.45) is 2.42. The molecule has 3 amide bonds. The van der Waals surface area contributed by atoms with Crippen LogP contribution in [0.15, 0.2) is 78.9 Å². The Kier molecular flexibility index (Phi) is 7.75. The number of rotatable bonds is 8. The molecule has 3 aromatic rings. The van der Waals surface area contributed by atoms with Crippen LogP contribution in [-0.4, -0.2) is 17.7 Å². The van der Waals surface area contributed by atoms with Crippen LogP contribution in [0.2, 0.25) is 0 Å². The second-order valence-electron chi connectivity index (χ2n) is 7.66. The van der Waals surface area contributed by atoms with Crippen molar-refractivity contribution < 1.29 is 14.4 Å². The minimum atomic E-state index is -0.793. The van der Waals surface area contributed by atoms with Crippen molar-refractivity contribution >= 4 is 23.4 Å². The van der Waals surface area contributed by atoms with E-state index in [1.807, 2.05) is 48.5 Å². The zero-order valence-electron chi connectivity index (χ0n) is 18.0. The first-order valence-corrected chi connectivity index (χ1v) is 10.5. The summed E-state index contributed by atoms with van der Waals surface area (Å²) in [5.41, 5.74) is 8.84. The van der Waals surface area contributed by atoms with E-state index in [0.29, 0.717) is 12.1 Å². The number of nitrogens with one attached hydrogen (secondary N) is 2. The number of amides is 3. The Hall–Kier alpha value is -3.93. The lowest BCUT2D eigenvalue weighted by Crippen LogP contribution is -2.38. The molecule has 0 saturated carbocycles. The first-order valence-electron chi connectivity index (χ1n) is 10.5. The number of aryl methyl sites for hydroxylation is 2. The smallest absolute Gasteiger partial charge is 0.313 e. The van der Waals surface area contributed by atoms with Gasteiger partial charge in [-0.15, -0.1) is 0 Å². The van der Waals surface area contributed by atoms with E-state index in [4.69, 9.17) is 5.73 Å². The van der Waals surface area contributed by atoms with Crippen molar-refractivity contribution in [3.05, 3.63) is 101 Å². The van der Waals surface area contributed by atoms with Crippen LogP contribution in [0.1, 0.15) is 45.9 Å². The number of hydrogen-bond acceptors (Lipinski definition) is 3. The van der Waals surface area contributed by atoms with Crippen LogP contribution < -0.4 is 16.4 Å². The van der Waals surface area contributed by atoms with Crippen molar-refractivity contribution in [1.29, 1.82) is 0 Å². The molecule has 0 bridgehead atoms. The SMILES string of the molecule is Cc1ccc(C(N)=O)cc1NC(=O)C(=O)N[C@H](CCCc1ccccc1)c1ccccc1. The lowest BCUT2D eigenvalue weighted by Gasteiger charge is -2.19. The van der Waals surface area contributed by atoms with Gasteiger partial charge in [-0.05, 0) is 55.0 Å². The van der Waals surface area contributed by atoms with Crippen LogP contribution >= 0.6 is 0 Å². The maximum atomic E-state index is 12.7. The molecule has 0 fully saturated rings. The molecule has 0 aliphatic carbocycles. The summed E-state index contributed by atoms with van der Waals surface area (Å²) in [5, 5.41) is 5.44. The summed E-state index contributed by atoms with van der Waals surface area (Å²) < 4.78 is 0. The van der Waals surface area contributed by atoms with E-state index in [9.17, 15) is 14.4 Å². The van der Waals surface area contributed by atoms with E-state index < -0.39 is 17.7 Å². The molecule has 1 atom stereocenters. The van der Waals surface area contributed by atoms with E-state index in [2.05, 4.69) is 22.8 Å². The normalized spacial score (nSPS) is 11.4. The van der Waals surface area contributed by atoms with Gasteiger partial charge < -0.3 is 16.4 Å². The van der Waals surface area contributed by atoms with E-state index >= 15 is 0 Å². The third kappa shape index (κ3) is 6.28. The summed E-state index contributed by atoms with van der Waals surface area (Å²) in [7, 11) is 0. The van der Waals surface area contributed by atoms with Crippen LogP contribution in [-0.2, 0) is 16.0 Å². The number of carbonyl (C=O) groups excluding carboxylic acids is 3. The number of carbonyl (C=O) groups is 3. The molecular formula is C26H27N3O3. The average molecular weight is 430 g/mol. The minimum Gasteiger partial charge on any atom is -0.366 e. The molecule has 4 N–H and O–H groups in total. The van der Waals surface area contributed by atoms with Crippen LogP contribution in [0.3, 0.4) is 0 Å². The van der Waals surface area contributed by atoms with Gasteiger partial charge in [0.25, 0.3) is 0 Å². The number of nitrogens with two attached hydrogens (primary N) is 1. The van der Waals surface area contributed by atoms with Gasteiger partial charge in [-0.2, -0.15) is 0 Å². The first kappa shape index (κ1) is 22.7. The third-order valence-corrected chi connectivity index (χ3v) is 5.28. The summed E-state index contributed by atoms with van der Waals surface area (Å²) in [5.74, 6) is -2.13. The molecule has 32 heavy (non-hydrogen) atoms. The highest BCUT2D eigenvalue weighted by Gasteiger charge is 2.21. The molecule has 0 aromatic heterocycles. The molecule has 3 aromatic carbocycles. The molecule has 164 valence electrons. The highest BCUT2D eigenvalue weighted by Crippen LogP contribution is 2.21. The van der Waals surface area contributed by atoms with Crippen molar-refractivity contribution in [2.24, 2.45) is 5.73 Å². The summed E-state index contributed by atoms with van der Waals surface area (Å²) in [6.45, 7) is 1.77. The average Bonchev–Trinajstić information content (AvgIpc) is 2.80. The summed E-state index contributed by atoms with van der Waals surface area (Å²) in [6, 6.07) is 24.2. The maximum Gasteiger partial charge on any atom is 0.313 e. The second-order valence-corrected chi connectivity index (χ2v) is 7.66. The Morgan fingerprint density at radius 2 is 1.53 bits per heavy atom. The van der Waals surface area contributed by atoms with Crippen LogP contribution in [0.5, 0.6) is 0 Å². The van der Waals surface area contributed by atoms with Crippen molar-refractivity contribution in [2.45, 2.75) is 32.2 Å². The van der Waals surface area contributed by atoms with Gasteiger partial charge in [0.1, 0.15) is 0 Å². The topological polar surface area (TPSA) is 101 Å². The van der Waals surface area contributed by atoms with Gasteiger partial charge in [0.2, 0.25) is 5.91 Å². The Bertz CT molecular complexity index is 1080. The summed E-state index contributed by atoms with van der Waals surface area (Å²) >= 11 is 0. The lowest BCUT2D eigenvalue weighted by atomic mass is 9.99. The molecule has 0 spiro atoms. The van der Waals surface area contributed by atoms with Gasteiger partial charge in [0.15, 0.2) is 0 Å². The molecule has 0 radical (unpaired) electrons.